The molecule has 0 aliphatic carbocycles. The van der Waals surface area contributed by atoms with Crippen LogP contribution in [0.2, 0.25) is 0 Å². The molecular weight excluding hydrogens is 508 g/mol. The Morgan fingerprint density at radius 3 is 2.52 bits per heavy atom. The second-order valence-electron chi connectivity index (χ2n) is 11.6. The highest BCUT2D eigenvalue weighted by Gasteiger charge is 2.76. The topological polar surface area (TPSA) is 96.4 Å². The molecule has 0 aromatic heterocycles. The number of aliphatic hydroxyl groups is 1. The molecule has 4 aliphatic rings. The molecule has 1 spiro atoms. The number of esters is 1. The van der Waals surface area contributed by atoms with Gasteiger partial charge in [-0.3, -0.25) is 14.4 Å². The Labute approximate surface area is 237 Å². The lowest BCUT2D eigenvalue weighted by atomic mass is 9.73. The Morgan fingerprint density at radius 2 is 1.82 bits per heavy atom. The van der Waals surface area contributed by atoms with Crippen LogP contribution < -0.4 is 0 Å². The van der Waals surface area contributed by atoms with Crippen LogP contribution >= 0.6 is 0 Å². The molecule has 2 fully saturated rings. The summed E-state index contributed by atoms with van der Waals surface area (Å²) in [5.74, 6) is -2.86. The van der Waals surface area contributed by atoms with Crippen molar-refractivity contribution >= 4 is 17.8 Å². The fourth-order valence-corrected chi connectivity index (χ4v) is 7.33. The van der Waals surface area contributed by atoms with Crippen LogP contribution in [0, 0.1) is 11.8 Å². The maximum atomic E-state index is 14.6. The molecule has 1 N–H and O–H groups in total. The fourth-order valence-electron chi connectivity index (χ4n) is 7.33. The molecule has 7 atom stereocenters. The number of hydrogen-bond acceptors (Lipinski definition) is 6. The first-order valence-electron chi connectivity index (χ1n) is 14.8. The highest BCUT2D eigenvalue weighted by atomic mass is 16.6. The summed E-state index contributed by atoms with van der Waals surface area (Å²) >= 11 is 0. The van der Waals surface area contributed by atoms with E-state index in [4.69, 9.17) is 9.47 Å². The van der Waals surface area contributed by atoms with Crippen molar-refractivity contribution in [3.8, 4) is 0 Å². The minimum Gasteiger partial charge on any atom is -0.465 e. The zero-order chi connectivity index (χ0) is 28.5. The zero-order valence-electron chi connectivity index (χ0n) is 23.8. The molecule has 4 heterocycles. The number of carbonyl (C=O) groups excluding carboxylic acids is 3. The van der Waals surface area contributed by atoms with Gasteiger partial charge < -0.3 is 24.4 Å². The van der Waals surface area contributed by atoms with Gasteiger partial charge >= 0.3 is 5.97 Å². The molecule has 1 aromatic carbocycles. The highest BCUT2D eigenvalue weighted by Crippen LogP contribution is 2.58. The highest BCUT2D eigenvalue weighted by molar-refractivity contribution is 5.99. The molecule has 2 saturated heterocycles. The number of fused-ring (bicyclic) bond motifs is 2. The molecule has 2 unspecified atom stereocenters. The summed E-state index contributed by atoms with van der Waals surface area (Å²) in [6.07, 6.45) is 11.7. The molecule has 8 nitrogen and oxygen atoms in total. The van der Waals surface area contributed by atoms with Crippen LogP contribution in [-0.4, -0.2) is 81.8 Å². The summed E-state index contributed by atoms with van der Waals surface area (Å²) in [6, 6.07) is 7.92. The van der Waals surface area contributed by atoms with Gasteiger partial charge in [0.2, 0.25) is 11.8 Å². The number of aliphatic hydroxyl groups excluding tert-OH is 1. The van der Waals surface area contributed by atoms with Crippen LogP contribution in [0.5, 0.6) is 0 Å². The summed E-state index contributed by atoms with van der Waals surface area (Å²) in [4.78, 5) is 46.3. The molecule has 216 valence electrons. The SMILES string of the molecule is CCCC(C)N1CC=C[C@]23O[C@@]4(CC)/C=C\CCCOC(=O)[C@H]4[C@H]2C(=O)N([C@@H](CO)Cc2ccccc2)C3C1=O. The molecule has 0 saturated carbocycles. The third kappa shape index (κ3) is 4.59. The average Bonchev–Trinajstić information content (AvgIpc) is 3.34. The van der Waals surface area contributed by atoms with Crippen LogP contribution in [0.25, 0.3) is 0 Å². The molecule has 0 radical (unpaired) electrons. The minimum absolute atomic E-state index is 0.0430. The van der Waals surface area contributed by atoms with Crippen molar-refractivity contribution in [2.75, 3.05) is 19.8 Å². The maximum Gasteiger partial charge on any atom is 0.313 e. The van der Waals surface area contributed by atoms with Gasteiger partial charge in [0.1, 0.15) is 23.2 Å². The number of carbonyl (C=O) groups is 3. The minimum atomic E-state index is -1.36. The summed E-state index contributed by atoms with van der Waals surface area (Å²) < 4.78 is 12.7. The van der Waals surface area contributed by atoms with Crippen LogP contribution in [0.1, 0.15) is 58.4 Å². The zero-order valence-corrected chi connectivity index (χ0v) is 23.8. The van der Waals surface area contributed by atoms with Gasteiger partial charge in [0.05, 0.1) is 25.2 Å². The number of hydrogen-bond donors (Lipinski definition) is 1. The standard InChI is InChI=1S/C32H42N2O6/c1-4-13-22(3)33-18-12-17-32-25(26-30(38)39-19-11-7-10-16-31(26,5-2)40-32)28(36)34(27(32)29(33)37)24(21-35)20-23-14-8-6-9-15-23/h6,8-10,12,14-17,22,24-27,35H,4-5,7,11,13,18-21H2,1-3H3/b16-10-/t22?,24-,25+,26-,27?,31+,32+/m1/s1. The molecule has 2 amide bonds. The van der Waals surface area contributed by atoms with E-state index in [-0.39, 0.29) is 31.1 Å². The number of nitrogens with zero attached hydrogens (tertiary/aromatic N) is 2. The third-order valence-corrected chi connectivity index (χ3v) is 9.26. The van der Waals surface area contributed by atoms with Crippen molar-refractivity contribution in [1.82, 2.24) is 9.80 Å². The van der Waals surface area contributed by atoms with E-state index in [1.54, 1.807) is 4.90 Å². The van der Waals surface area contributed by atoms with Crippen molar-refractivity contribution in [3.05, 3.63) is 60.2 Å². The Morgan fingerprint density at radius 1 is 1.05 bits per heavy atom. The van der Waals surface area contributed by atoms with Crippen molar-refractivity contribution in [3.63, 3.8) is 0 Å². The summed E-state index contributed by atoms with van der Waals surface area (Å²) in [7, 11) is 0. The van der Waals surface area contributed by atoms with E-state index >= 15 is 0 Å². The van der Waals surface area contributed by atoms with Gasteiger partial charge in [-0.05, 0) is 44.6 Å². The van der Waals surface area contributed by atoms with Crippen molar-refractivity contribution < 1.29 is 29.0 Å². The van der Waals surface area contributed by atoms with Crippen LogP contribution in [0.3, 0.4) is 0 Å². The molecule has 1 aromatic rings. The summed E-state index contributed by atoms with van der Waals surface area (Å²) in [5.41, 5.74) is -1.49. The number of likely N-dealkylation sites (tertiary alicyclic amines) is 1. The molecule has 40 heavy (non-hydrogen) atoms. The van der Waals surface area contributed by atoms with Crippen LogP contribution in [0.4, 0.5) is 0 Å². The monoisotopic (exact) mass is 550 g/mol. The van der Waals surface area contributed by atoms with Gasteiger partial charge in [-0.1, -0.05) is 74.9 Å². The van der Waals surface area contributed by atoms with E-state index in [1.807, 2.05) is 73.4 Å². The smallest absolute Gasteiger partial charge is 0.313 e. The molecule has 5 rings (SSSR count). The Balaban J connectivity index is 1.66. The molecule has 4 aliphatic heterocycles. The molecule has 8 heteroatoms. The van der Waals surface area contributed by atoms with Gasteiger partial charge in [-0.25, -0.2) is 0 Å². The number of allylic oxidation sites excluding steroid dienone is 1. The Hall–Kier alpha value is -2.97. The van der Waals surface area contributed by atoms with Gasteiger partial charge in [-0.15, -0.1) is 0 Å². The van der Waals surface area contributed by atoms with Gasteiger partial charge in [0.25, 0.3) is 0 Å². The van der Waals surface area contributed by atoms with E-state index in [2.05, 4.69) is 6.92 Å². The first-order valence-corrected chi connectivity index (χ1v) is 14.8. The first-order chi connectivity index (χ1) is 19.3. The van der Waals surface area contributed by atoms with E-state index < -0.39 is 41.1 Å². The number of rotatable bonds is 8. The lowest BCUT2D eigenvalue weighted by molar-refractivity contribution is -0.163. The van der Waals surface area contributed by atoms with E-state index in [9.17, 15) is 19.5 Å². The van der Waals surface area contributed by atoms with Crippen molar-refractivity contribution in [1.29, 1.82) is 0 Å². The molecular formula is C32H42N2O6. The fraction of sp³-hybridized carbons (Fsp3) is 0.594. The summed E-state index contributed by atoms with van der Waals surface area (Å²) in [5, 5.41) is 10.7. The second-order valence-corrected chi connectivity index (χ2v) is 11.6. The second kappa shape index (κ2) is 11.5. The van der Waals surface area contributed by atoms with E-state index in [0.717, 1.165) is 24.8 Å². The van der Waals surface area contributed by atoms with E-state index in [0.29, 0.717) is 25.8 Å². The lowest BCUT2D eigenvalue weighted by Gasteiger charge is -2.41. The Bertz CT molecular complexity index is 1170. The van der Waals surface area contributed by atoms with Gasteiger partial charge in [-0.2, -0.15) is 0 Å². The predicted octanol–water partition coefficient (Wildman–Crippen LogP) is 3.43. The third-order valence-electron chi connectivity index (χ3n) is 9.26. The van der Waals surface area contributed by atoms with E-state index in [1.165, 1.54) is 0 Å². The number of amides is 2. The average molecular weight is 551 g/mol. The normalized spacial score (nSPS) is 34.1. The number of ether oxygens (including phenoxy) is 2. The summed E-state index contributed by atoms with van der Waals surface area (Å²) in [6.45, 7) is 6.39. The number of benzene rings is 1. The first kappa shape index (κ1) is 28.6. The Kier molecular flexibility index (Phi) is 8.20. The predicted molar refractivity (Wildman–Crippen MR) is 150 cm³/mol. The van der Waals surface area contributed by atoms with Gasteiger partial charge in [0, 0.05) is 12.6 Å². The van der Waals surface area contributed by atoms with Crippen LogP contribution in [-0.2, 0) is 30.3 Å². The van der Waals surface area contributed by atoms with Crippen molar-refractivity contribution in [2.45, 2.75) is 88.6 Å². The maximum absolute atomic E-state index is 14.6. The van der Waals surface area contributed by atoms with Gasteiger partial charge in [0.15, 0.2) is 0 Å². The largest absolute Gasteiger partial charge is 0.465 e. The van der Waals surface area contributed by atoms with Crippen LogP contribution in [0.15, 0.2) is 54.6 Å². The number of cyclic esters (lactones) is 1. The van der Waals surface area contributed by atoms with Crippen molar-refractivity contribution in [2.24, 2.45) is 11.8 Å². The lowest BCUT2D eigenvalue weighted by Crippen LogP contribution is -2.60. The molecule has 0 bridgehead atoms. The quantitative estimate of drug-likeness (QED) is 0.394.